The molecule has 0 aliphatic carbocycles. The number of amides is 1. The fourth-order valence-electron chi connectivity index (χ4n) is 3.14. The van der Waals surface area contributed by atoms with Gasteiger partial charge in [0.05, 0.1) is 12.3 Å². The number of hydrogen-bond acceptors (Lipinski definition) is 5. The van der Waals surface area contributed by atoms with Gasteiger partial charge in [-0.25, -0.2) is 4.39 Å². The first-order valence-electron chi connectivity index (χ1n) is 10.1. The van der Waals surface area contributed by atoms with Crippen LogP contribution in [0.5, 0.6) is 0 Å². The van der Waals surface area contributed by atoms with Gasteiger partial charge in [-0.2, -0.15) is 0 Å². The molecule has 0 atom stereocenters. The van der Waals surface area contributed by atoms with Gasteiger partial charge in [-0.05, 0) is 61.0 Å². The normalized spacial score (nSPS) is 10.7. The van der Waals surface area contributed by atoms with Crippen LogP contribution in [0.4, 0.5) is 15.8 Å². The van der Waals surface area contributed by atoms with E-state index >= 15 is 0 Å². The summed E-state index contributed by atoms with van der Waals surface area (Å²) in [4.78, 5) is 12.5. The van der Waals surface area contributed by atoms with Crippen molar-refractivity contribution in [3.05, 3.63) is 96.1 Å². The standard InChI is InChI=1S/C24H22FN5OS/c1-17-6-5-7-20(14-17)27-23(31)16-32-24-29-28-22(30(24)21-8-3-2-4-9-21)15-26-19-12-10-18(25)11-13-19/h2-14,26H,15-16H2,1H3,(H,27,31). The first-order valence-corrected chi connectivity index (χ1v) is 11.1. The third-order valence-electron chi connectivity index (χ3n) is 4.64. The zero-order valence-corrected chi connectivity index (χ0v) is 18.3. The molecule has 4 rings (SSSR count). The molecule has 4 aromatic rings. The summed E-state index contributed by atoms with van der Waals surface area (Å²) in [6.07, 6.45) is 0. The van der Waals surface area contributed by atoms with E-state index in [1.165, 1.54) is 23.9 Å². The van der Waals surface area contributed by atoms with Crippen LogP contribution >= 0.6 is 11.8 Å². The molecule has 3 aromatic carbocycles. The van der Waals surface area contributed by atoms with Crippen molar-refractivity contribution in [3.8, 4) is 5.69 Å². The van der Waals surface area contributed by atoms with E-state index in [-0.39, 0.29) is 17.5 Å². The molecule has 0 unspecified atom stereocenters. The maximum atomic E-state index is 13.2. The van der Waals surface area contributed by atoms with Crippen molar-refractivity contribution < 1.29 is 9.18 Å². The molecule has 1 heterocycles. The lowest BCUT2D eigenvalue weighted by atomic mass is 10.2. The predicted octanol–water partition coefficient (Wildman–Crippen LogP) is 5.06. The number of halogens is 1. The largest absolute Gasteiger partial charge is 0.378 e. The van der Waals surface area contributed by atoms with Gasteiger partial charge in [0.15, 0.2) is 11.0 Å². The number of thioether (sulfide) groups is 1. The van der Waals surface area contributed by atoms with Crippen LogP contribution in [0.2, 0.25) is 0 Å². The fraction of sp³-hybridized carbons (Fsp3) is 0.125. The quantitative estimate of drug-likeness (QED) is 0.370. The van der Waals surface area contributed by atoms with Gasteiger partial charge in [0.1, 0.15) is 5.82 Å². The van der Waals surface area contributed by atoms with Crippen LogP contribution in [0.25, 0.3) is 5.69 Å². The summed E-state index contributed by atoms with van der Waals surface area (Å²) in [7, 11) is 0. The number of rotatable bonds is 8. The lowest BCUT2D eigenvalue weighted by molar-refractivity contribution is -0.113. The van der Waals surface area contributed by atoms with Crippen LogP contribution in [0.3, 0.4) is 0 Å². The number of hydrogen-bond donors (Lipinski definition) is 2. The van der Waals surface area contributed by atoms with Crippen molar-refractivity contribution in [2.24, 2.45) is 0 Å². The first kappa shape index (κ1) is 21.6. The van der Waals surface area contributed by atoms with Crippen molar-refractivity contribution in [2.45, 2.75) is 18.6 Å². The van der Waals surface area contributed by atoms with Crippen LogP contribution in [0, 0.1) is 12.7 Å². The molecule has 162 valence electrons. The number of aryl methyl sites for hydroxylation is 1. The minimum atomic E-state index is -0.286. The van der Waals surface area contributed by atoms with Gasteiger partial charge in [0.2, 0.25) is 5.91 Å². The predicted molar refractivity (Wildman–Crippen MR) is 126 cm³/mol. The number of nitrogens with zero attached hydrogens (tertiary/aromatic N) is 3. The summed E-state index contributed by atoms with van der Waals surface area (Å²) in [6, 6.07) is 23.5. The number of aromatic nitrogens is 3. The highest BCUT2D eigenvalue weighted by atomic mass is 32.2. The molecular weight excluding hydrogens is 425 g/mol. The number of nitrogens with one attached hydrogen (secondary N) is 2. The van der Waals surface area contributed by atoms with Crippen LogP contribution in [0.1, 0.15) is 11.4 Å². The highest BCUT2D eigenvalue weighted by Gasteiger charge is 2.16. The van der Waals surface area contributed by atoms with Gasteiger partial charge in [0.25, 0.3) is 0 Å². The van der Waals surface area contributed by atoms with Crippen LogP contribution in [-0.4, -0.2) is 26.4 Å². The molecule has 6 nitrogen and oxygen atoms in total. The van der Waals surface area contributed by atoms with Crippen molar-refractivity contribution in [1.29, 1.82) is 0 Å². The Kier molecular flexibility index (Phi) is 6.81. The average Bonchev–Trinajstić information content (AvgIpc) is 3.21. The van der Waals surface area contributed by atoms with Crippen molar-refractivity contribution in [2.75, 3.05) is 16.4 Å². The molecule has 1 aromatic heterocycles. The Morgan fingerprint density at radius 3 is 2.50 bits per heavy atom. The Hall–Kier alpha value is -3.65. The van der Waals surface area contributed by atoms with E-state index < -0.39 is 0 Å². The van der Waals surface area contributed by atoms with Crippen molar-refractivity contribution >= 4 is 29.0 Å². The molecule has 0 spiro atoms. The summed E-state index contributed by atoms with van der Waals surface area (Å²) in [5, 5.41) is 15.4. The number of anilines is 2. The molecule has 0 saturated heterocycles. The number of carbonyl (C=O) groups excluding carboxylic acids is 1. The Bertz CT molecular complexity index is 1190. The molecule has 8 heteroatoms. The second-order valence-corrected chi connectivity index (χ2v) is 8.08. The SMILES string of the molecule is Cc1cccc(NC(=O)CSc2nnc(CNc3ccc(F)cc3)n2-c2ccccc2)c1. The molecule has 0 radical (unpaired) electrons. The van der Waals surface area contributed by atoms with Crippen molar-refractivity contribution in [1.82, 2.24) is 14.8 Å². The first-order chi connectivity index (χ1) is 15.6. The summed E-state index contributed by atoms with van der Waals surface area (Å²) >= 11 is 1.32. The Morgan fingerprint density at radius 2 is 1.75 bits per heavy atom. The van der Waals surface area contributed by atoms with Crippen LogP contribution < -0.4 is 10.6 Å². The molecule has 0 fully saturated rings. The van der Waals surface area contributed by atoms with Crippen molar-refractivity contribution in [3.63, 3.8) is 0 Å². The topological polar surface area (TPSA) is 71.8 Å². The molecule has 0 aliphatic heterocycles. The van der Waals surface area contributed by atoms with E-state index in [4.69, 9.17) is 0 Å². The van der Waals surface area contributed by atoms with Gasteiger partial charge in [-0.15, -0.1) is 10.2 Å². The lowest BCUT2D eigenvalue weighted by Crippen LogP contribution is -2.15. The number of carbonyl (C=O) groups is 1. The highest BCUT2D eigenvalue weighted by molar-refractivity contribution is 7.99. The van der Waals surface area contributed by atoms with Gasteiger partial charge < -0.3 is 10.6 Å². The number of para-hydroxylation sites is 1. The third kappa shape index (κ3) is 5.53. The van der Waals surface area contributed by atoms with Gasteiger partial charge >= 0.3 is 0 Å². The molecule has 32 heavy (non-hydrogen) atoms. The molecule has 0 saturated carbocycles. The zero-order chi connectivity index (χ0) is 22.3. The molecule has 0 aliphatic rings. The summed E-state index contributed by atoms with van der Waals surface area (Å²) in [6.45, 7) is 2.37. The minimum absolute atomic E-state index is 0.116. The molecular formula is C24H22FN5OS. The smallest absolute Gasteiger partial charge is 0.234 e. The van der Waals surface area contributed by atoms with E-state index in [2.05, 4.69) is 20.8 Å². The maximum Gasteiger partial charge on any atom is 0.234 e. The Morgan fingerprint density at radius 1 is 0.969 bits per heavy atom. The molecule has 1 amide bonds. The average molecular weight is 448 g/mol. The number of benzene rings is 3. The Labute approximate surface area is 189 Å². The van der Waals surface area contributed by atoms with Gasteiger partial charge in [-0.1, -0.05) is 42.1 Å². The second kappa shape index (κ2) is 10.1. The third-order valence-corrected chi connectivity index (χ3v) is 5.57. The highest BCUT2D eigenvalue weighted by Crippen LogP contribution is 2.23. The fourth-order valence-corrected chi connectivity index (χ4v) is 3.91. The zero-order valence-electron chi connectivity index (χ0n) is 17.5. The van der Waals surface area contributed by atoms with E-state index in [9.17, 15) is 9.18 Å². The Balaban J connectivity index is 1.48. The second-order valence-electron chi connectivity index (χ2n) is 7.14. The van der Waals surface area contributed by atoms with Crippen LogP contribution in [-0.2, 0) is 11.3 Å². The van der Waals surface area contributed by atoms with Gasteiger partial charge in [-0.3, -0.25) is 9.36 Å². The lowest BCUT2D eigenvalue weighted by Gasteiger charge is -2.11. The van der Waals surface area contributed by atoms with E-state index in [1.807, 2.05) is 66.1 Å². The summed E-state index contributed by atoms with van der Waals surface area (Å²) < 4.78 is 15.1. The van der Waals surface area contributed by atoms with E-state index in [1.54, 1.807) is 12.1 Å². The molecule has 2 N–H and O–H groups in total. The van der Waals surface area contributed by atoms with E-state index in [0.717, 1.165) is 22.6 Å². The van der Waals surface area contributed by atoms with Crippen LogP contribution in [0.15, 0.2) is 84.0 Å². The molecule has 0 bridgehead atoms. The maximum absolute atomic E-state index is 13.2. The minimum Gasteiger partial charge on any atom is -0.378 e. The summed E-state index contributed by atoms with van der Waals surface area (Å²) in [5.41, 5.74) is 3.53. The monoisotopic (exact) mass is 447 g/mol. The van der Waals surface area contributed by atoms with E-state index in [0.29, 0.717) is 17.5 Å². The summed E-state index contributed by atoms with van der Waals surface area (Å²) in [5.74, 6) is 0.478. The van der Waals surface area contributed by atoms with Gasteiger partial charge in [0, 0.05) is 17.1 Å².